The van der Waals surface area contributed by atoms with Gasteiger partial charge in [0.25, 0.3) is 0 Å². The standard InChI is InChI=1S/C15H21ClN2O3/c1-4-15(5-2,6-3)18-14(21)17-12-8-7-10(13(19)20)9-11(12)16/h7-9H,4-6H2,1-3H3,(H,19,20)(H2,17,18,21). The molecular formula is C15H21ClN2O3. The number of aromatic carboxylic acids is 1. The second-order valence-electron chi connectivity index (χ2n) is 4.92. The van der Waals surface area contributed by atoms with Gasteiger partial charge in [-0.15, -0.1) is 0 Å². The molecule has 0 aromatic heterocycles. The van der Waals surface area contributed by atoms with Crippen molar-refractivity contribution < 1.29 is 14.7 Å². The molecule has 0 saturated heterocycles. The minimum Gasteiger partial charge on any atom is -0.478 e. The molecular weight excluding hydrogens is 292 g/mol. The molecule has 0 unspecified atom stereocenters. The molecule has 1 aromatic carbocycles. The van der Waals surface area contributed by atoms with Crippen LogP contribution in [0.15, 0.2) is 18.2 Å². The average molecular weight is 313 g/mol. The summed E-state index contributed by atoms with van der Waals surface area (Å²) in [6.07, 6.45) is 2.50. The summed E-state index contributed by atoms with van der Waals surface area (Å²) in [5, 5.41) is 14.7. The fraction of sp³-hybridized carbons (Fsp3) is 0.467. The second kappa shape index (κ2) is 7.31. The smallest absolute Gasteiger partial charge is 0.335 e. The maximum absolute atomic E-state index is 12.1. The van der Waals surface area contributed by atoms with Gasteiger partial charge in [-0.05, 0) is 37.5 Å². The SMILES string of the molecule is CCC(CC)(CC)NC(=O)Nc1ccc(C(=O)O)cc1Cl. The number of benzene rings is 1. The van der Waals surface area contributed by atoms with E-state index in [9.17, 15) is 9.59 Å². The third kappa shape index (κ3) is 4.36. The van der Waals surface area contributed by atoms with E-state index in [2.05, 4.69) is 10.6 Å². The summed E-state index contributed by atoms with van der Waals surface area (Å²) < 4.78 is 0. The van der Waals surface area contributed by atoms with Crippen LogP contribution >= 0.6 is 11.6 Å². The fourth-order valence-corrected chi connectivity index (χ4v) is 2.39. The van der Waals surface area contributed by atoms with Crippen molar-refractivity contribution >= 4 is 29.3 Å². The summed E-state index contributed by atoms with van der Waals surface area (Å²) in [5.41, 5.74) is 0.227. The van der Waals surface area contributed by atoms with Gasteiger partial charge in [0.1, 0.15) is 0 Å². The molecule has 1 rings (SSSR count). The molecule has 0 saturated carbocycles. The molecule has 6 heteroatoms. The molecule has 0 spiro atoms. The highest BCUT2D eigenvalue weighted by atomic mass is 35.5. The first kappa shape index (κ1) is 17.3. The van der Waals surface area contributed by atoms with Crippen LogP contribution < -0.4 is 10.6 Å². The lowest BCUT2D eigenvalue weighted by Crippen LogP contribution is -2.48. The van der Waals surface area contributed by atoms with Crippen LogP contribution in [0.25, 0.3) is 0 Å². The maximum atomic E-state index is 12.1. The predicted octanol–water partition coefficient (Wildman–Crippen LogP) is 4.13. The number of carbonyl (C=O) groups excluding carboxylic acids is 1. The summed E-state index contributed by atoms with van der Waals surface area (Å²) in [6.45, 7) is 6.09. The molecule has 0 bridgehead atoms. The van der Waals surface area contributed by atoms with E-state index in [0.29, 0.717) is 5.69 Å². The number of hydrogen-bond donors (Lipinski definition) is 3. The number of anilines is 1. The Bertz CT molecular complexity index is 519. The molecule has 2 amide bonds. The van der Waals surface area contributed by atoms with Gasteiger partial charge in [-0.1, -0.05) is 32.4 Å². The Morgan fingerprint density at radius 3 is 2.19 bits per heavy atom. The first-order valence-corrected chi connectivity index (χ1v) is 7.37. The largest absolute Gasteiger partial charge is 0.478 e. The van der Waals surface area contributed by atoms with Gasteiger partial charge in [-0.2, -0.15) is 0 Å². The molecule has 0 heterocycles. The van der Waals surface area contributed by atoms with Crippen molar-refractivity contribution in [2.24, 2.45) is 0 Å². The Balaban J connectivity index is 2.82. The van der Waals surface area contributed by atoms with Crippen LogP contribution in [0.5, 0.6) is 0 Å². The summed E-state index contributed by atoms with van der Waals surface area (Å²) in [4.78, 5) is 22.9. The Morgan fingerprint density at radius 2 is 1.76 bits per heavy atom. The number of carboxylic acids is 1. The van der Waals surface area contributed by atoms with Gasteiger partial charge in [0.05, 0.1) is 16.3 Å². The summed E-state index contributed by atoms with van der Waals surface area (Å²) in [5.74, 6) is -1.06. The van der Waals surface area contributed by atoms with Gasteiger partial charge in [0, 0.05) is 5.54 Å². The summed E-state index contributed by atoms with van der Waals surface area (Å²) in [6, 6.07) is 3.85. The van der Waals surface area contributed by atoms with E-state index in [1.807, 2.05) is 20.8 Å². The number of urea groups is 1. The number of amides is 2. The Morgan fingerprint density at radius 1 is 1.19 bits per heavy atom. The quantitative estimate of drug-likeness (QED) is 0.739. The van der Waals surface area contributed by atoms with Crippen LogP contribution in [-0.2, 0) is 0 Å². The van der Waals surface area contributed by atoms with Gasteiger partial charge < -0.3 is 15.7 Å². The van der Waals surface area contributed by atoms with E-state index < -0.39 is 5.97 Å². The van der Waals surface area contributed by atoms with Gasteiger partial charge in [0.2, 0.25) is 0 Å². The second-order valence-corrected chi connectivity index (χ2v) is 5.33. The van der Waals surface area contributed by atoms with Crippen LogP contribution in [0, 0.1) is 0 Å². The number of carboxylic acid groups (broad SMARTS) is 1. The lowest BCUT2D eigenvalue weighted by molar-refractivity contribution is 0.0697. The van der Waals surface area contributed by atoms with Crippen LogP contribution in [0.1, 0.15) is 50.4 Å². The zero-order valence-electron chi connectivity index (χ0n) is 12.5. The summed E-state index contributed by atoms with van der Waals surface area (Å²) >= 11 is 5.98. The van der Waals surface area contributed by atoms with E-state index in [0.717, 1.165) is 19.3 Å². The Hall–Kier alpha value is -1.75. The van der Waals surface area contributed by atoms with Crippen molar-refractivity contribution in [1.29, 1.82) is 0 Å². The van der Waals surface area contributed by atoms with E-state index in [4.69, 9.17) is 16.7 Å². The topological polar surface area (TPSA) is 78.4 Å². The lowest BCUT2D eigenvalue weighted by Gasteiger charge is -2.31. The highest BCUT2D eigenvalue weighted by Gasteiger charge is 2.26. The minimum absolute atomic E-state index is 0.0796. The molecule has 0 fully saturated rings. The van der Waals surface area contributed by atoms with E-state index in [1.165, 1.54) is 18.2 Å². The predicted molar refractivity (Wildman–Crippen MR) is 84.2 cm³/mol. The van der Waals surface area contributed by atoms with Crippen molar-refractivity contribution in [2.45, 2.75) is 45.6 Å². The number of hydrogen-bond acceptors (Lipinski definition) is 2. The van der Waals surface area contributed by atoms with Crippen molar-refractivity contribution in [2.75, 3.05) is 5.32 Å². The van der Waals surface area contributed by atoms with Crippen LogP contribution in [0.4, 0.5) is 10.5 Å². The van der Waals surface area contributed by atoms with Crippen molar-refractivity contribution in [3.63, 3.8) is 0 Å². The maximum Gasteiger partial charge on any atom is 0.335 e. The average Bonchev–Trinajstić information content (AvgIpc) is 2.47. The zero-order chi connectivity index (χ0) is 16.0. The van der Waals surface area contributed by atoms with Crippen LogP contribution in [0.2, 0.25) is 5.02 Å². The molecule has 0 aliphatic carbocycles. The Labute approximate surface area is 129 Å². The zero-order valence-corrected chi connectivity index (χ0v) is 13.3. The Kier molecular flexibility index (Phi) is 6.03. The molecule has 3 N–H and O–H groups in total. The number of rotatable bonds is 6. The highest BCUT2D eigenvalue weighted by molar-refractivity contribution is 6.34. The lowest BCUT2D eigenvalue weighted by atomic mass is 9.90. The number of halogens is 1. The van der Waals surface area contributed by atoms with E-state index in [1.54, 1.807) is 0 Å². The molecule has 116 valence electrons. The van der Waals surface area contributed by atoms with Crippen molar-refractivity contribution in [3.8, 4) is 0 Å². The molecule has 21 heavy (non-hydrogen) atoms. The normalized spacial score (nSPS) is 11.0. The van der Waals surface area contributed by atoms with E-state index in [-0.39, 0.29) is 22.2 Å². The first-order chi connectivity index (χ1) is 9.87. The van der Waals surface area contributed by atoms with Crippen LogP contribution in [-0.4, -0.2) is 22.6 Å². The third-order valence-electron chi connectivity index (χ3n) is 3.87. The summed E-state index contributed by atoms with van der Waals surface area (Å²) in [7, 11) is 0. The van der Waals surface area contributed by atoms with Gasteiger partial charge in [0.15, 0.2) is 0 Å². The highest BCUT2D eigenvalue weighted by Crippen LogP contribution is 2.24. The first-order valence-electron chi connectivity index (χ1n) is 6.99. The molecule has 0 aliphatic heterocycles. The number of carbonyl (C=O) groups is 2. The van der Waals surface area contributed by atoms with Gasteiger partial charge in [-0.25, -0.2) is 9.59 Å². The minimum atomic E-state index is -1.06. The van der Waals surface area contributed by atoms with Crippen molar-refractivity contribution in [1.82, 2.24) is 5.32 Å². The monoisotopic (exact) mass is 312 g/mol. The van der Waals surface area contributed by atoms with Crippen molar-refractivity contribution in [3.05, 3.63) is 28.8 Å². The third-order valence-corrected chi connectivity index (χ3v) is 4.19. The molecule has 0 atom stereocenters. The van der Waals surface area contributed by atoms with Gasteiger partial charge >= 0.3 is 12.0 Å². The molecule has 5 nitrogen and oxygen atoms in total. The number of nitrogens with one attached hydrogen (secondary N) is 2. The van der Waals surface area contributed by atoms with Gasteiger partial charge in [-0.3, -0.25) is 0 Å². The fourth-order valence-electron chi connectivity index (χ4n) is 2.16. The molecule has 0 aliphatic rings. The molecule has 0 radical (unpaired) electrons. The van der Waals surface area contributed by atoms with E-state index >= 15 is 0 Å². The molecule has 1 aromatic rings. The van der Waals surface area contributed by atoms with Crippen LogP contribution in [0.3, 0.4) is 0 Å².